The maximum atomic E-state index is 14.8. The third kappa shape index (κ3) is 11.4. The number of amides is 2. The average Bonchev–Trinajstić information content (AvgIpc) is 3.81. The highest BCUT2D eigenvalue weighted by Crippen LogP contribution is 2.62. The summed E-state index contributed by atoms with van der Waals surface area (Å²) in [4.78, 5) is 36.7. The highest BCUT2D eigenvalue weighted by molar-refractivity contribution is 6.03. The summed E-state index contributed by atoms with van der Waals surface area (Å²) in [5, 5.41) is 27.7. The Bertz CT molecular complexity index is 1950. The van der Waals surface area contributed by atoms with E-state index >= 15 is 0 Å². The van der Waals surface area contributed by atoms with E-state index < -0.39 is 29.4 Å². The van der Waals surface area contributed by atoms with Gasteiger partial charge in [0.05, 0.1) is 38.1 Å². The minimum Gasteiger partial charge on any atom is -0.497 e. The van der Waals surface area contributed by atoms with Gasteiger partial charge in [-0.2, -0.15) is 0 Å². The van der Waals surface area contributed by atoms with E-state index in [1.807, 2.05) is 37.8 Å². The lowest BCUT2D eigenvalue weighted by atomic mass is 9.55. The van der Waals surface area contributed by atoms with Crippen LogP contribution in [0.2, 0.25) is 0 Å². The summed E-state index contributed by atoms with van der Waals surface area (Å²) in [6.45, 7) is 12.9. The third-order valence-electron chi connectivity index (χ3n) is 13.3. The van der Waals surface area contributed by atoms with Crippen LogP contribution in [0.5, 0.6) is 23.0 Å². The first-order chi connectivity index (χ1) is 30.9. The maximum Gasteiger partial charge on any atom is 0.417 e. The smallest absolute Gasteiger partial charge is 0.417 e. The van der Waals surface area contributed by atoms with Crippen molar-refractivity contribution in [3.05, 3.63) is 66.3 Å². The molecule has 2 aromatic rings. The molecule has 13 heteroatoms. The van der Waals surface area contributed by atoms with E-state index in [0.717, 1.165) is 68.2 Å². The van der Waals surface area contributed by atoms with Gasteiger partial charge in [-0.15, -0.1) is 6.58 Å². The second kappa shape index (κ2) is 22.5. The molecule has 2 saturated carbocycles. The van der Waals surface area contributed by atoms with Crippen molar-refractivity contribution in [2.75, 3.05) is 45.9 Å². The number of allylic oxidation sites excluding steroid dienone is 1. The molecule has 0 spiro atoms. The summed E-state index contributed by atoms with van der Waals surface area (Å²) in [5.41, 5.74) is 2.40. The van der Waals surface area contributed by atoms with Gasteiger partial charge in [0.2, 0.25) is 11.7 Å². The van der Waals surface area contributed by atoms with Crippen LogP contribution in [0.4, 0.5) is 10.5 Å². The molecule has 2 amide bonds. The van der Waals surface area contributed by atoms with Crippen LogP contribution < -0.4 is 24.3 Å². The number of anilines is 1. The Morgan fingerprint density at radius 3 is 2.39 bits per heavy atom. The SMILES string of the molecule is C=CCOC12Oc3ccc(OC(=O)Nc4ccc(OC)cc4OC)cc3C3C(CCCCO)C(CCCCO)C=C(C(=NOC(C)(C)C)CC1N(CCC)C(=O)CCC1CCCC1)C32. The second-order valence-electron chi connectivity index (χ2n) is 18.8. The number of hydrogen-bond acceptors (Lipinski definition) is 11. The Labute approximate surface area is 380 Å². The summed E-state index contributed by atoms with van der Waals surface area (Å²) in [6, 6.07) is 9.99. The van der Waals surface area contributed by atoms with Gasteiger partial charge < -0.3 is 43.6 Å². The van der Waals surface area contributed by atoms with Gasteiger partial charge in [0, 0.05) is 50.1 Å². The molecule has 0 aromatic heterocycles. The number of fused-ring (bicyclic) bond motifs is 2. The van der Waals surface area contributed by atoms with Crippen LogP contribution >= 0.6 is 0 Å². The van der Waals surface area contributed by atoms with Crippen molar-refractivity contribution in [1.82, 2.24) is 4.90 Å². The Hall–Kier alpha value is -4.59. The van der Waals surface area contributed by atoms with Gasteiger partial charge in [-0.3, -0.25) is 10.1 Å². The second-order valence-corrected chi connectivity index (χ2v) is 18.8. The summed E-state index contributed by atoms with van der Waals surface area (Å²) in [7, 11) is 3.08. The number of unbranched alkanes of at least 4 members (excludes halogenated alkanes) is 2. The topological polar surface area (TPSA) is 158 Å². The zero-order valence-corrected chi connectivity index (χ0v) is 39.1. The zero-order chi connectivity index (χ0) is 45.9. The number of aliphatic hydroxyl groups is 2. The molecule has 4 aliphatic rings. The van der Waals surface area contributed by atoms with Crippen molar-refractivity contribution in [3.8, 4) is 23.0 Å². The highest BCUT2D eigenvalue weighted by Gasteiger charge is 2.65. The third-order valence-corrected chi connectivity index (χ3v) is 13.3. The lowest BCUT2D eigenvalue weighted by Crippen LogP contribution is -2.70. The quantitative estimate of drug-likeness (QED) is 0.0591. The fraction of sp³-hybridized carbons (Fsp3) is 0.627. The molecular formula is C51H73N3O10. The van der Waals surface area contributed by atoms with E-state index in [0.29, 0.717) is 66.8 Å². The first-order valence-electron chi connectivity index (χ1n) is 23.7. The van der Waals surface area contributed by atoms with Crippen LogP contribution in [0.1, 0.15) is 129 Å². The van der Waals surface area contributed by atoms with Crippen LogP contribution in [0.15, 0.2) is 65.9 Å². The molecule has 3 aliphatic carbocycles. The number of methoxy groups -OCH3 is 2. The number of carbonyl (C=O) groups is 2. The molecule has 6 unspecified atom stereocenters. The molecule has 13 nitrogen and oxygen atoms in total. The van der Waals surface area contributed by atoms with E-state index in [-0.39, 0.29) is 43.5 Å². The summed E-state index contributed by atoms with van der Waals surface area (Å²) < 4.78 is 31.4. The predicted molar refractivity (Wildman–Crippen MR) is 248 cm³/mol. The minimum absolute atomic E-state index is 0.0159. The molecule has 3 N–H and O–H groups in total. The van der Waals surface area contributed by atoms with Gasteiger partial charge in [0.1, 0.15) is 34.6 Å². The van der Waals surface area contributed by atoms with Crippen LogP contribution in [0.25, 0.3) is 0 Å². The minimum atomic E-state index is -1.35. The standard InChI is InChI=1S/C51H73N3O10/c1-8-26-54(46(57)25-20-34-16-10-11-17-34)45-33-42(53-64-50(3,4)5)39-30-35(18-12-14-27-55)38(19-13-15-28-56)47-40-31-37(22-24-43(40)63-51(45,48(39)47)61-29-9-2)62-49(58)52-41-23-21-36(59-6)32-44(41)60-7/h9,21-24,30-32,34-35,38,45,47-48,55-56H,2,8,10-20,25-29,33H2,1,3-7H3,(H,52,58). The molecule has 6 rings (SSSR count). The van der Waals surface area contributed by atoms with Crippen molar-refractivity contribution in [2.24, 2.45) is 28.8 Å². The van der Waals surface area contributed by atoms with Crippen molar-refractivity contribution in [3.63, 3.8) is 0 Å². The van der Waals surface area contributed by atoms with Gasteiger partial charge >= 0.3 is 6.09 Å². The monoisotopic (exact) mass is 888 g/mol. The van der Waals surface area contributed by atoms with E-state index in [9.17, 15) is 19.8 Å². The largest absolute Gasteiger partial charge is 0.497 e. The van der Waals surface area contributed by atoms with Crippen molar-refractivity contribution < 1.29 is 48.3 Å². The molecule has 2 aromatic carbocycles. The molecule has 0 saturated heterocycles. The molecular weight excluding hydrogens is 815 g/mol. The number of nitrogens with one attached hydrogen (secondary N) is 1. The van der Waals surface area contributed by atoms with Crippen molar-refractivity contribution in [1.29, 1.82) is 0 Å². The van der Waals surface area contributed by atoms with E-state index in [4.69, 9.17) is 33.7 Å². The van der Waals surface area contributed by atoms with E-state index in [2.05, 4.69) is 24.9 Å². The predicted octanol–water partition coefficient (Wildman–Crippen LogP) is 9.96. The van der Waals surface area contributed by atoms with Crippen molar-refractivity contribution in [2.45, 2.75) is 141 Å². The van der Waals surface area contributed by atoms with Crippen LogP contribution in [-0.2, 0) is 14.4 Å². The molecule has 2 fully saturated rings. The first-order valence-corrected chi connectivity index (χ1v) is 23.7. The van der Waals surface area contributed by atoms with Gasteiger partial charge in [-0.1, -0.05) is 62.8 Å². The Morgan fingerprint density at radius 1 is 0.984 bits per heavy atom. The van der Waals surface area contributed by atoms with Crippen LogP contribution in [0.3, 0.4) is 0 Å². The number of rotatable bonds is 22. The maximum absolute atomic E-state index is 14.8. The Morgan fingerprint density at radius 2 is 1.72 bits per heavy atom. The number of aliphatic hydroxyl groups excluding tert-OH is 2. The number of ether oxygens (including phenoxy) is 5. The fourth-order valence-corrected chi connectivity index (χ4v) is 10.5. The van der Waals surface area contributed by atoms with E-state index in [1.54, 1.807) is 37.5 Å². The van der Waals surface area contributed by atoms with Crippen LogP contribution in [0, 0.1) is 23.7 Å². The summed E-state index contributed by atoms with van der Waals surface area (Å²) in [6.07, 6.45) is 15.0. The molecule has 1 heterocycles. The average molecular weight is 888 g/mol. The number of oxime groups is 1. The van der Waals surface area contributed by atoms with Crippen LogP contribution in [-0.4, -0.2) is 90.8 Å². The van der Waals surface area contributed by atoms with Gasteiger partial charge in [0.25, 0.3) is 0 Å². The van der Waals surface area contributed by atoms with Gasteiger partial charge in [0.15, 0.2) is 0 Å². The molecule has 64 heavy (non-hydrogen) atoms. The number of benzene rings is 2. The number of hydrogen-bond donors (Lipinski definition) is 3. The lowest BCUT2D eigenvalue weighted by molar-refractivity contribution is -0.257. The van der Waals surface area contributed by atoms with Gasteiger partial charge in [-0.05, 0) is 113 Å². The Balaban J connectivity index is 1.52. The number of nitrogens with zero attached hydrogens (tertiary/aromatic N) is 2. The lowest BCUT2D eigenvalue weighted by Gasteiger charge is -2.60. The molecule has 352 valence electrons. The fourth-order valence-electron chi connectivity index (χ4n) is 10.5. The number of carbonyl (C=O) groups excluding carboxylic acids is 2. The van der Waals surface area contributed by atoms with E-state index in [1.165, 1.54) is 20.0 Å². The molecule has 0 radical (unpaired) electrons. The Kier molecular flexibility index (Phi) is 17.2. The van der Waals surface area contributed by atoms with Gasteiger partial charge in [-0.25, -0.2) is 4.79 Å². The molecule has 0 bridgehead atoms. The normalized spacial score (nSPS) is 24.5. The first kappa shape index (κ1) is 48.9. The molecule has 6 atom stereocenters. The zero-order valence-electron chi connectivity index (χ0n) is 39.1. The molecule has 1 aliphatic heterocycles. The summed E-state index contributed by atoms with van der Waals surface area (Å²) >= 11 is 0. The summed E-state index contributed by atoms with van der Waals surface area (Å²) in [5.74, 6) is 0.515. The van der Waals surface area contributed by atoms with Crippen molar-refractivity contribution >= 4 is 23.4 Å². The highest BCUT2D eigenvalue weighted by atomic mass is 16.7.